The van der Waals surface area contributed by atoms with E-state index in [1.165, 1.54) is 34.9 Å². The van der Waals surface area contributed by atoms with E-state index >= 15 is 0 Å². The molecular weight excluding hydrogens is 320 g/mol. The van der Waals surface area contributed by atoms with Crippen LogP contribution in [0.4, 0.5) is 5.69 Å². The summed E-state index contributed by atoms with van der Waals surface area (Å²) in [5.41, 5.74) is 0.326. The standard InChI is InChI=1S/C15H18N2O5S/c1-9(2)22-12-4-3-10(15(20)21)5-11(12)16-13(18)6-17-8-23-7-14(17)19/h3-5,9H,6-8H2,1-2H3,(H,16,18)(H,20,21). The molecule has 0 aliphatic carbocycles. The number of hydrogen-bond donors (Lipinski definition) is 2. The lowest BCUT2D eigenvalue weighted by Crippen LogP contribution is -2.34. The fraction of sp³-hybridized carbons (Fsp3) is 0.400. The van der Waals surface area contributed by atoms with Crippen LogP contribution in [0.1, 0.15) is 24.2 Å². The van der Waals surface area contributed by atoms with Crippen molar-refractivity contribution in [3.63, 3.8) is 0 Å². The highest BCUT2D eigenvalue weighted by Gasteiger charge is 2.23. The molecule has 2 N–H and O–H groups in total. The smallest absolute Gasteiger partial charge is 0.335 e. The van der Waals surface area contributed by atoms with Crippen LogP contribution in [0.3, 0.4) is 0 Å². The number of anilines is 1. The minimum atomic E-state index is -1.09. The SMILES string of the molecule is CC(C)Oc1ccc(C(=O)O)cc1NC(=O)CN1CSCC1=O. The Balaban J connectivity index is 2.14. The average Bonchev–Trinajstić information content (AvgIpc) is 2.85. The van der Waals surface area contributed by atoms with Crippen LogP contribution in [0.5, 0.6) is 5.75 Å². The molecule has 0 atom stereocenters. The fourth-order valence-electron chi connectivity index (χ4n) is 2.02. The Morgan fingerprint density at radius 3 is 2.74 bits per heavy atom. The molecule has 1 saturated heterocycles. The van der Waals surface area contributed by atoms with Gasteiger partial charge in [-0.15, -0.1) is 11.8 Å². The molecule has 1 heterocycles. The fourth-order valence-corrected chi connectivity index (χ4v) is 2.92. The van der Waals surface area contributed by atoms with E-state index in [0.29, 0.717) is 17.4 Å². The Kier molecular flexibility index (Phi) is 5.49. The monoisotopic (exact) mass is 338 g/mol. The number of rotatable bonds is 6. The Hall–Kier alpha value is -2.22. The van der Waals surface area contributed by atoms with Crippen LogP contribution in [0, 0.1) is 0 Å². The number of carbonyl (C=O) groups is 3. The van der Waals surface area contributed by atoms with Crippen molar-refractivity contribution >= 4 is 35.2 Å². The molecular formula is C15H18N2O5S. The zero-order chi connectivity index (χ0) is 17.0. The third-order valence-corrected chi connectivity index (χ3v) is 3.97. The van der Waals surface area contributed by atoms with Crippen molar-refractivity contribution < 1.29 is 24.2 Å². The molecule has 1 aliphatic rings. The number of ether oxygens (including phenoxy) is 1. The molecule has 1 aliphatic heterocycles. The van der Waals surface area contributed by atoms with Gasteiger partial charge in [0.1, 0.15) is 12.3 Å². The van der Waals surface area contributed by atoms with Crippen molar-refractivity contribution in [3.8, 4) is 5.75 Å². The van der Waals surface area contributed by atoms with Crippen molar-refractivity contribution in [2.45, 2.75) is 20.0 Å². The molecule has 8 heteroatoms. The first kappa shape index (κ1) is 17.1. The average molecular weight is 338 g/mol. The van der Waals surface area contributed by atoms with Crippen LogP contribution >= 0.6 is 11.8 Å². The predicted octanol–water partition coefficient (Wildman–Crippen LogP) is 1.64. The van der Waals surface area contributed by atoms with Crippen LogP contribution < -0.4 is 10.1 Å². The third-order valence-electron chi connectivity index (χ3n) is 3.02. The van der Waals surface area contributed by atoms with Gasteiger partial charge in [-0.05, 0) is 32.0 Å². The van der Waals surface area contributed by atoms with Gasteiger partial charge in [0, 0.05) is 0 Å². The van der Waals surface area contributed by atoms with E-state index in [4.69, 9.17) is 9.84 Å². The maximum atomic E-state index is 12.1. The van der Waals surface area contributed by atoms with Crippen LogP contribution in [-0.4, -0.2) is 52.1 Å². The first-order valence-corrected chi connectivity index (χ1v) is 8.21. The number of carboxylic acids is 1. The summed E-state index contributed by atoms with van der Waals surface area (Å²) < 4.78 is 5.58. The first-order chi connectivity index (χ1) is 10.9. The van der Waals surface area contributed by atoms with E-state index in [1.54, 1.807) is 0 Å². The van der Waals surface area contributed by atoms with Gasteiger partial charge in [-0.25, -0.2) is 4.79 Å². The van der Waals surface area contributed by atoms with Crippen LogP contribution in [0.2, 0.25) is 0 Å². The molecule has 23 heavy (non-hydrogen) atoms. The second kappa shape index (κ2) is 7.36. The Labute approximate surface area is 138 Å². The second-order valence-corrected chi connectivity index (χ2v) is 6.26. The first-order valence-electron chi connectivity index (χ1n) is 7.06. The van der Waals surface area contributed by atoms with Crippen molar-refractivity contribution in [3.05, 3.63) is 23.8 Å². The van der Waals surface area contributed by atoms with E-state index in [0.717, 1.165) is 0 Å². The van der Waals surface area contributed by atoms with E-state index in [-0.39, 0.29) is 29.8 Å². The number of carbonyl (C=O) groups excluding carboxylic acids is 2. The summed E-state index contributed by atoms with van der Waals surface area (Å²) in [6.07, 6.45) is -0.127. The highest BCUT2D eigenvalue weighted by molar-refractivity contribution is 8.00. The van der Waals surface area contributed by atoms with Gasteiger partial charge in [0.05, 0.1) is 29.0 Å². The van der Waals surface area contributed by atoms with Gasteiger partial charge in [-0.2, -0.15) is 0 Å². The molecule has 0 bridgehead atoms. The van der Waals surface area contributed by atoms with E-state index in [9.17, 15) is 14.4 Å². The molecule has 0 aromatic heterocycles. The van der Waals surface area contributed by atoms with E-state index in [1.807, 2.05) is 13.8 Å². The van der Waals surface area contributed by atoms with Crippen molar-refractivity contribution in [2.75, 3.05) is 23.5 Å². The lowest BCUT2D eigenvalue weighted by Gasteiger charge is -2.18. The molecule has 124 valence electrons. The summed E-state index contributed by atoms with van der Waals surface area (Å²) in [5.74, 6) is -0.316. The Morgan fingerprint density at radius 2 is 2.17 bits per heavy atom. The number of aromatic carboxylic acids is 1. The number of amides is 2. The Morgan fingerprint density at radius 1 is 1.43 bits per heavy atom. The molecule has 1 fully saturated rings. The topological polar surface area (TPSA) is 95.9 Å². The summed E-state index contributed by atoms with van der Waals surface area (Å²) in [5, 5.41) is 11.7. The van der Waals surface area contributed by atoms with Gasteiger partial charge in [-0.1, -0.05) is 0 Å². The number of nitrogens with zero attached hydrogens (tertiary/aromatic N) is 1. The van der Waals surface area contributed by atoms with Crippen LogP contribution in [0.15, 0.2) is 18.2 Å². The summed E-state index contributed by atoms with van der Waals surface area (Å²) >= 11 is 1.45. The number of benzene rings is 1. The zero-order valence-corrected chi connectivity index (χ0v) is 13.7. The summed E-state index contributed by atoms with van der Waals surface area (Å²) in [6.45, 7) is 3.60. The largest absolute Gasteiger partial charge is 0.489 e. The number of nitrogens with one attached hydrogen (secondary N) is 1. The molecule has 1 aromatic rings. The van der Waals surface area contributed by atoms with Crippen molar-refractivity contribution in [1.82, 2.24) is 4.90 Å². The molecule has 7 nitrogen and oxygen atoms in total. The highest BCUT2D eigenvalue weighted by atomic mass is 32.2. The summed E-state index contributed by atoms with van der Waals surface area (Å²) in [7, 11) is 0. The van der Waals surface area contributed by atoms with Crippen LogP contribution in [0.25, 0.3) is 0 Å². The molecule has 0 spiro atoms. The summed E-state index contributed by atoms with van der Waals surface area (Å²) in [4.78, 5) is 36.2. The third kappa shape index (κ3) is 4.62. The molecule has 2 amide bonds. The lowest BCUT2D eigenvalue weighted by atomic mass is 10.2. The van der Waals surface area contributed by atoms with Gasteiger partial charge in [0.2, 0.25) is 11.8 Å². The maximum absolute atomic E-state index is 12.1. The second-order valence-electron chi connectivity index (χ2n) is 5.30. The van der Waals surface area contributed by atoms with E-state index in [2.05, 4.69) is 5.32 Å². The van der Waals surface area contributed by atoms with Crippen molar-refractivity contribution in [1.29, 1.82) is 0 Å². The highest BCUT2D eigenvalue weighted by Crippen LogP contribution is 2.27. The van der Waals surface area contributed by atoms with Gasteiger partial charge in [0.25, 0.3) is 0 Å². The van der Waals surface area contributed by atoms with E-state index < -0.39 is 11.9 Å². The normalized spacial score (nSPS) is 14.2. The number of hydrogen-bond acceptors (Lipinski definition) is 5. The molecule has 1 aromatic carbocycles. The van der Waals surface area contributed by atoms with Crippen LogP contribution in [-0.2, 0) is 9.59 Å². The minimum Gasteiger partial charge on any atom is -0.489 e. The lowest BCUT2D eigenvalue weighted by molar-refractivity contribution is -0.130. The quantitative estimate of drug-likeness (QED) is 0.819. The molecule has 0 unspecified atom stereocenters. The van der Waals surface area contributed by atoms with Gasteiger partial charge < -0.3 is 20.1 Å². The molecule has 0 radical (unpaired) electrons. The maximum Gasteiger partial charge on any atom is 0.335 e. The minimum absolute atomic E-state index is 0.0456. The zero-order valence-electron chi connectivity index (χ0n) is 12.9. The van der Waals surface area contributed by atoms with Gasteiger partial charge in [0.15, 0.2) is 0 Å². The molecule has 2 rings (SSSR count). The van der Waals surface area contributed by atoms with Gasteiger partial charge in [-0.3, -0.25) is 9.59 Å². The number of thioether (sulfide) groups is 1. The summed E-state index contributed by atoms with van der Waals surface area (Å²) in [6, 6.07) is 4.27. The molecule has 0 saturated carbocycles. The van der Waals surface area contributed by atoms with Crippen molar-refractivity contribution in [2.24, 2.45) is 0 Å². The van der Waals surface area contributed by atoms with Gasteiger partial charge >= 0.3 is 5.97 Å². The number of carboxylic acid groups (broad SMARTS) is 1. The Bertz CT molecular complexity index is 632. The predicted molar refractivity (Wildman–Crippen MR) is 86.8 cm³/mol.